The number of carbonyl (C=O) groups is 2. The van der Waals surface area contributed by atoms with Crippen LogP contribution in [0.4, 0.5) is 4.79 Å². The van der Waals surface area contributed by atoms with Gasteiger partial charge < -0.3 is 14.4 Å². The molecular formula is C21H29NO4. The molecule has 3 rings (SSSR count). The highest BCUT2D eigenvalue weighted by Crippen LogP contribution is 2.52. The number of benzene rings is 1. The number of hydrogen-bond donors (Lipinski definition) is 0. The van der Waals surface area contributed by atoms with Crippen LogP contribution in [0.3, 0.4) is 0 Å². The van der Waals surface area contributed by atoms with Crippen LogP contribution in [0.25, 0.3) is 0 Å². The largest absolute Gasteiger partial charge is 0.462 e. The lowest BCUT2D eigenvalue weighted by atomic mass is 9.58. The summed E-state index contributed by atoms with van der Waals surface area (Å²) >= 11 is 0. The number of likely N-dealkylation sites (tertiary alicyclic amines) is 1. The lowest BCUT2D eigenvalue weighted by Gasteiger charge is -2.52. The van der Waals surface area contributed by atoms with Gasteiger partial charge in [0.2, 0.25) is 0 Å². The zero-order valence-electron chi connectivity index (χ0n) is 16.0. The molecule has 0 unspecified atom stereocenters. The van der Waals surface area contributed by atoms with Gasteiger partial charge in [-0.25, -0.2) is 9.59 Å². The number of amides is 1. The van der Waals surface area contributed by atoms with Crippen LogP contribution in [-0.2, 0) is 9.47 Å². The second kappa shape index (κ2) is 7.29. The van der Waals surface area contributed by atoms with Crippen molar-refractivity contribution in [3.05, 3.63) is 35.9 Å². The monoisotopic (exact) mass is 359 g/mol. The number of piperidine rings is 1. The van der Waals surface area contributed by atoms with Gasteiger partial charge in [-0.3, -0.25) is 0 Å². The Morgan fingerprint density at radius 3 is 2.31 bits per heavy atom. The number of rotatable bonds is 3. The molecule has 0 bridgehead atoms. The van der Waals surface area contributed by atoms with Gasteiger partial charge in [0.15, 0.2) is 0 Å². The molecule has 2 aliphatic rings. The maximum absolute atomic E-state index is 12.2. The lowest BCUT2D eigenvalue weighted by Crippen LogP contribution is -2.50. The van der Waals surface area contributed by atoms with E-state index in [2.05, 4.69) is 0 Å². The van der Waals surface area contributed by atoms with Gasteiger partial charge in [-0.15, -0.1) is 0 Å². The number of ether oxygens (including phenoxy) is 2. The maximum atomic E-state index is 12.2. The van der Waals surface area contributed by atoms with E-state index in [-0.39, 0.29) is 12.1 Å². The lowest BCUT2D eigenvalue weighted by molar-refractivity contribution is -0.0465. The molecule has 1 aliphatic heterocycles. The van der Waals surface area contributed by atoms with Gasteiger partial charge in [0, 0.05) is 13.1 Å². The Labute approximate surface area is 155 Å². The van der Waals surface area contributed by atoms with Crippen LogP contribution in [-0.4, -0.2) is 42.3 Å². The Balaban J connectivity index is 1.39. The molecule has 0 aromatic heterocycles. The molecule has 142 valence electrons. The molecule has 0 atom stereocenters. The smallest absolute Gasteiger partial charge is 0.410 e. The zero-order valence-corrected chi connectivity index (χ0v) is 16.0. The summed E-state index contributed by atoms with van der Waals surface area (Å²) in [6.45, 7) is 7.68. The molecule has 2 fully saturated rings. The standard InChI is InChI=1S/C21H29NO4/c1-20(2,3)26-19(24)22-11-9-21(10-12-22)13-16(14-21)15-25-18(23)17-7-5-4-6-8-17/h4-8,16H,9-15H2,1-3H3. The molecule has 5 heteroatoms. The Hall–Kier alpha value is -2.04. The SMILES string of the molecule is CC(C)(C)OC(=O)N1CCC2(CC1)CC(COC(=O)c1ccccc1)C2. The van der Waals surface area contributed by atoms with Crippen LogP contribution in [0.15, 0.2) is 30.3 Å². The van der Waals surface area contributed by atoms with E-state index < -0.39 is 5.60 Å². The van der Waals surface area contributed by atoms with E-state index in [1.54, 1.807) is 12.1 Å². The van der Waals surface area contributed by atoms with E-state index in [4.69, 9.17) is 9.47 Å². The summed E-state index contributed by atoms with van der Waals surface area (Å²) in [5, 5.41) is 0. The first kappa shape index (κ1) is 18.7. The first-order valence-electron chi connectivity index (χ1n) is 9.47. The third-order valence-electron chi connectivity index (χ3n) is 5.38. The van der Waals surface area contributed by atoms with Gasteiger partial charge in [0.1, 0.15) is 5.60 Å². The molecule has 1 spiro atoms. The third kappa shape index (κ3) is 4.57. The van der Waals surface area contributed by atoms with E-state index in [0.29, 0.717) is 23.5 Å². The first-order valence-corrected chi connectivity index (χ1v) is 9.47. The molecule has 1 amide bonds. The summed E-state index contributed by atoms with van der Waals surface area (Å²) in [4.78, 5) is 26.0. The minimum absolute atomic E-state index is 0.208. The van der Waals surface area contributed by atoms with Gasteiger partial charge in [-0.1, -0.05) is 18.2 Å². The fourth-order valence-corrected chi connectivity index (χ4v) is 4.03. The highest BCUT2D eigenvalue weighted by Gasteiger charge is 2.47. The summed E-state index contributed by atoms with van der Waals surface area (Å²) in [7, 11) is 0. The van der Waals surface area contributed by atoms with E-state index in [0.717, 1.165) is 38.8 Å². The minimum atomic E-state index is -0.448. The Morgan fingerprint density at radius 1 is 1.12 bits per heavy atom. The molecule has 1 saturated carbocycles. The third-order valence-corrected chi connectivity index (χ3v) is 5.38. The fourth-order valence-electron chi connectivity index (χ4n) is 4.03. The second-order valence-corrected chi connectivity index (χ2v) is 8.71. The quantitative estimate of drug-likeness (QED) is 0.756. The van der Waals surface area contributed by atoms with Gasteiger partial charge >= 0.3 is 12.1 Å². The topological polar surface area (TPSA) is 55.8 Å². The molecule has 0 radical (unpaired) electrons. The molecular weight excluding hydrogens is 330 g/mol. The highest BCUT2D eigenvalue weighted by atomic mass is 16.6. The number of esters is 1. The number of nitrogens with zero attached hydrogens (tertiary/aromatic N) is 1. The van der Waals surface area contributed by atoms with Crippen molar-refractivity contribution in [1.82, 2.24) is 4.90 Å². The molecule has 5 nitrogen and oxygen atoms in total. The second-order valence-electron chi connectivity index (χ2n) is 8.71. The highest BCUT2D eigenvalue weighted by molar-refractivity contribution is 5.89. The molecule has 1 aromatic rings. The average molecular weight is 359 g/mol. The van der Waals surface area contributed by atoms with Crippen LogP contribution in [0, 0.1) is 11.3 Å². The van der Waals surface area contributed by atoms with Gasteiger partial charge in [-0.05, 0) is 69.9 Å². The summed E-state index contributed by atoms with van der Waals surface area (Å²) in [5.41, 5.74) is 0.478. The zero-order chi connectivity index (χ0) is 18.8. The molecule has 1 aliphatic carbocycles. The van der Waals surface area contributed by atoms with E-state index in [1.807, 2.05) is 43.9 Å². The fraction of sp³-hybridized carbons (Fsp3) is 0.619. The van der Waals surface area contributed by atoms with Crippen LogP contribution in [0.1, 0.15) is 56.8 Å². The Bertz CT molecular complexity index is 634. The van der Waals surface area contributed by atoms with Crippen molar-refractivity contribution in [1.29, 1.82) is 0 Å². The Kier molecular flexibility index (Phi) is 5.26. The van der Waals surface area contributed by atoms with Crippen molar-refractivity contribution in [2.24, 2.45) is 11.3 Å². The number of carbonyl (C=O) groups excluding carboxylic acids is 2. The van der Waals surface area contributed by atoms with Crippen molar-refractivity contribution in [2.45, 2.75) is 52.1 Å². The van der Waals surface area contributed by atoms with Crippen molar-refractivity contribution in [2.75, 3.05) is 19.7 Å². The van der Waals surface area contributed by atoms with Gasteiger partial charge in [-0.2, -0.15) is 0 Å². The van der Waals surface area contributed by atoms with Crippen LogP contribution in [0.5, 0.6) is 0 Å². The molecule has 1 saturated heterocycles. The average Bonchev–Trinajstić information content (AvgIpc) is 2.57. The summed E-state index contributed by atoms with van der Waals surface area (Å²) in [5.74, 6) is 0.196. The maximum Gasteiger partial charge on any atom is 0.410 e. The van der Waals surface area contributed by atoms with Gasteiger partial charge in [0.05, 0.1) is 12.2 Å². The van der Waals surface area contributed by atoms with Crippen LogP contribution >= 0.6 is 0 Å². The van der Waals surface area contributed by atoms with Crippen molar-refractivity contribution in [3.8, 4) is 0 Å². The van der Waals surface area contributed by atoms with Crippen molar-refractivity contribution in [3.63, 3.8) is 0 Å². The number of hydrogen-bond acceptors (Lipinski definition) is 4. The van der Waals surface area contributed by atoms with Crippen molar-refractivity contribution >= 4 is 12.1 Å². The molecule has 0 N–H and O–H groups in total. The van der Waals surface area contributed by atoms with Crippen LogP contribution in [0.2, 0.25) is 0 Å². The Morgan fingerprint density at radius 2 is 1.73 bits per heavy atom. The summed E-state index contributed by atoms with van der Waals surface area (Å²) < 4.78 is 10.9. The van der Waals surface area contributed by atoms with E-state index in [1.165, 1.54) is 0 Å². The molecule has 26 heavy (non-hydrogen) atoms. The van der Waals surface area contributed by atoms with Crippen molar-refractivity contribution < 1.29 is 19.1 Å². The van der Waals surface area contributed by atoms with E-state index >= 15 is 0 Å². The summed E-state index contributed by atoms with van der Waals surface area (Å²) in [6.07, 6.45) is 3.97. The predicted molar refractivity (Wildman–Crippen MR) is 98.9 cm³/mol. The normalized spacial score (nSPS) is 19.7. The summed E-state index contributed by atoms with van der Waals surface area (Å²) in [6, 6.07) is 9.12. The molecule has 1 aromatic carbocycles. The van der Waals surface area contributed by atoms with E-state index in [9.17, 15) is 9.59 Å². The molecule has 1 heterocycles. The minimum Gasteiger partial charge on any atom is -0.462 e. The van der Waals surface area contributed by atoms with Crippen LogP contribution < -0.4 is 0 Å². The first-order chi connectivity index (χ1) is 12.3. The van der Waals surface area contributed by atoms with Gasteiger partial charge in [0.25, 0.3) is 0 Å². The predicted octanol–water partition coefficient (Wildman–Crippen LogP) is 4.27.